The summed E-state index contributed by atoms with van der Waals surface area (Å²) in [6.07, 6.45) is 2.25. The first-order valence-electron chi connectivity index (χ1n) is 7.29. The smallest absolute Gasteiger partial charge is 0.166 e. The van der Waals surface area contributed by atoms with Gasteiger partial charge in [0, 0.05) is 12.0 Å². The maximum absolute atomic E-state index is 13.5. The average molecular weight is 286 g/mol. The first-order chi connectivity index (χ1) is 9.88. The Morgan fingerprint density at radius 3 is 2.67 bits per heavy atom. The molecule has 110 valence electrons. The van der Waals surface area contributed by atoms with Crippen molar-refractivity contribution < 1.29 is 9.18 Å². The molecule has 0 amide bonds. The second kappa shape index (κ2) is 4.79. The van der Waals surface area contributed by atoms with E-state index in [0.717, 1.165) is 18.5 Å². The minimum Gasteiger partial charge on any atom is -0.294 e. The Morgan fingerprint density at radius 2 is 2.00 bits per heavy atom. The zero-order valence-electron chi connectivity index (χ0n) is 12.6. The van der Waals surface area contributed by atoms with Crippen LogP contribution in [0.25, 0.3) is 11.3 Å². The van der Waals surface area contributed by atoms with Gasteiger partial charge in [-0.05, 0) is 45.7 Å². The number of aromatic nitrogens is 2. The molecule has 1 aliphatic rings. The molecule has 0 saturated heterocycles. The van der Waals surface area contributed by atoms with Crippen molar-refractivity contribution in [3.63, 3.8) is 0 Å². The molecule has 0 bridgehead atoms. The Morgan fingerprint density at radius 1 is 1.24 bits per heavy atom. The molecule has 0 aliphatic heterocycles. The van der Waals surface area contributed by atoms with Gasteiger partial charge in [0.05, 0.1) is 16.8 Å². The van der Waals surface area contributed by atoms with E-state index in [1.165, 1.54) is 12.1 Å². The molecule has 0 fully saturated rings. The van der Waals surface area contributed by atoms with Gasteiger partial charge in [-0.2, -0.15) is 5.10 Å². The van der Waals surface area contributed by atoms with E-state index in [4.69, 9.17) is 0 Å². The third-order valence-corrected chi connectivity index (χ3v) is 3.81. The van der Waals surface area contributed by atoms with Crippen molar-refractivity contribution in [2.45, 2.75) is 45.6 Å². The lowest BCUT2D eigenvalue weighted by Gasteiger charge is -2.24. The van der Waals surface area contributed by atoms with Crippen molar-refractivity contribution in [2.24, 2.45) is 0 Å². The van der Waals surface area contributed by atoms with Gasteiger partial charge in [0.15, 0.2) is 5.78 Å². The quantitative estimate of drug-likeness (QED) is 0.795. The number of hydrogen-bond acceptors (Lipinski definition) is 2. The second-order valence-electron chi connectivity index (χ2n) is 6.54. The van der Waals surface area contributed by atoms with Crippen molar-refractivity contribution in [3.8, 4) is 11.3 Å². The number of nitrogens with zero attached hydrogens (tertiary/aromatic N) is 2. The van der Waals surface area contributed by atoms with Crippen LogP contribution in [0.15, 0.2) is 24.3 Å². The van der Waals surface area contributed by atoms with E-state index in [1.807, 2.05) is 4.68 Å². The van der Waals surface area contributed by atoms with Crippen LogP contribution in [0.2, 0.25) is 0 Å². The van der Waals surface area contributed by atoms with E-state index in [2.05, 4.69) is 25.9 Å². The Kier molecular flexibility index (Phi) is 3.19. The van der Waals surface area contributed by atoms with Crippen molar-refractivity contribution in [1.82, 2.24) is 9.78 Å². The summed E-state index contributed by atoms with van der Waals surface area (Å²) in [5, 5.41) is 4.65. The Hall–Kier alpha value is -1.97. The highest BCUT2D eigenvalue weighted by molar-refractivity contribution is 6.03. The molecule has 0 atom stereocenters. The number of benzene rings is 1. The number of fused-ring (bicyclic) bond motifs is 1. The fourth-order valence-electron chi connectivity index (χ4n) is 2.91. The van der Waals surface area contributed by atoms with Crippen LogP contribution >= 0.6 is 0 Å². The summed E-state index contributed by atoms with van der Waals surface area (Å²) in [4.78, 5) is 12.4. The number of Topliss-reactive ketones (excluding diaryl/α,β-unsaturated/α-hetero) is 1. The third kappa shape index (κ3) is 2.39. The molecule has 0 unspecified atom stereocenters. The predicted octanol–water partition coefficient (Wildman–Crippen LogP) is 3.96. The Labute approximate surface area is 123 Å². The first-order valence-corrected chi connectivity index (χ1v) is 7.29. The van der Waals surface area contributed by atoms with Crippen LogP contribution in [0.1, 0.15) is 49.7 Å². The van der Waals surface area contributed by atoms with E-state index >= 15 is 0 Å². The molecular weight excluding hydrogens is 267 g/mol. The topological polar surface area (TPSA) is 34.9 Å². The van der Waals surface area contributed by atoms with Crippen molar-refractivity contribution >= 4 is 5.78 Å². The summed E-state index contributed by atoms with van der Waals surface area (Å²) >= 11 is 0. The van der Waals surface area contributed by atoms with Crippen molar-refractivity contribution in [1.29, 1.82) is 0 Å². The minimum atomic E-state index is -0.310. The van der Waals surface area contributed by atoms with E-state index in [0.29, 0.717) is 23.2 Å². The van der Waals surface area contributed by atoms with Crippen molar-refractivity contribution in [2.75, 3.05) is 0 Å². The molecule has 1 aromatic heterocycles. The van der Waals surface area contributed by atoms with Gasteiger partial charge in [-0.15, -0.1) is 0 Å². The molecule has 21 heavy (non-hydrogen) atoms. The van der Waals surface area contributed by atoms with Crippen LogP contribution in [0.5, 0.6) is 0 Å². The molecule has 1 heterocycles. The highest BCUT2D eigenvalue weighted by Crippen LogP contribution is 2.34. The van der Waals surface area contributed by atoms with Crippen LogP contribution in [0.4, 0.5) is 4.39 Å². The van der Waals surface area contributed by atoms with Gasteiger partial charge in [0.1, 0.15) is 11.5 Å². The molecule has 1 aromatic carbocycles. The SMILES string of the molecule is CC(C)(C)n1nc(-c2cccc(F)c2)c2c1CCCC2=O. The lowest BCUT2D eigenvalue weighted by molar-refractivity contribution is 0.0971. The van der Waals surface area contributed by atoms with E-state index in [1.54, 1.807) is 12.1 Å². The summed E-state index contributed by atoms with van der Waals surface area (Å²) in [5.74, 6) is -0.194. The maximum Gasteiger partial charge on any atom is 0.166 e. The van der Waals surface area contributed by atoms with E-state index in [-0.39, 0.29) is 17.1 Å². The van der Waals surface area contributed by atoms with Gasteiger partial charge in [-0.1, -0.05) is 12.1 Å². The molecule has 0 N–H and O–H groups in total. The zero-order valence-corrected chi connectivity index (χ0v) is 12.6. The van der Waals surface area contributed by atoms with Crippen LogP contribution < -0.4 is 0 Å². The summed E-state index contributed by atoms with van der Waals surface area (Å²) in [6.45, 7) is 6.19. The third-order valence-electron chi connectivity index (χ3n) is 3.81. The molecule has 3 rings (SSSR count). The number of hydrogen-bond donors (Lipinski definition) is 0. The van der Waals surface area contributed by atoms with E-state index in [9.17, 15) is 9.18 Å². The standard InChI is InChI=1S/C17H19FN2O/c1-17(2,3)20-13-8-5-9-14(21)15(13)16(19-20)11-6-4-7-12(18)10-11/h4,6-7,10H,5,8-9H2,1-3H3. The summed E-state index contributed by atoms with van der Waals surface area (Å²) in [6, 6.07) is 6.30. The number of carbonyl (C=O) groups excluding carboxylic acids is 1. The summed E-state index contributed by atoms with van der Waals surface area (Å²) in [5.41, 5.74) is 2.75. The number of ketones is 1. The molecule has 0 radical (unpaired) electrons. The van der Waals surface area contributed by atoms with Gasteiger partial charge in [-0.25, -0.2) is 4.39 Å². The Bertz CT molecular complexity index is 710. The molecular formula is C17H19FN2O. The second-order valence-corrected chi connectivity index (χ2v) is 6.54. The number of halogens is 1. The fraction of sp³-hybridized carbons (Fsp3) is 0.412. The molecule has 1 aliphatic carbocycles. The summed E-state index contributed by atoms with van der Waals surface area (Å²) < 4.78 is 15.4. The van der Waals surface area contributed by atoms with Crippen LogP contribution in [0.3, 0.4) is 0 Å². The highest BCUT2D eigenvalue weighted by atomic mass is 19.1. The zero-order chi connectivity index (χ0) is 15.2. The van der Waals surface area contributed by atoms with Gasteiger partial charge >= 0.3 is 0 Å². The minimum absolute atomic E-state index is 0.117. The van der Waals surface area contributed by atoms with Crippen LogP contribution in [-0.4, -0.2) is 15.6 Å². The summed E-state index contributed by atoms with van der Waals surface area (Å²) in [7, 11) is 0. The normalized spacial score (nSPS) is 15.1. The fourth-order valence-corrected chi connectivity index (χ4v) is 2.91. The number of rotatable bonds is 1. The average Bonchev–Trinajstić information content (AvgIpc) is 2.79. The van der Waals surface area contributed by atoms with Crippen LogP contribution in [-0.2, 0) is 12.0 Å². The molecule has 3 nitrogen and oxygen atoms in total. The van der Waals surface area contributed by atoms with Crippen molar-refractivity contribution in [3.05, 3.63) is 41.3 Å². The largest absolute Gasteiger partial charge is 0.294 e. The molecule has 4 heteroatoms. The highest BCUT2D eigenvalue weighted by Gasteiger charge is 2.31. The maximum atomic E-state index is 13.5. The first kappa shape index (κ1) is 14.0. The number of carbonyl (C=O) groups is 1. The van der Waals surface area contributed by atoms with E-state index < -0.39 is 0 Å². The monoisotopic (exact) mass is 286 g/mol. The van der Waals surface area contributed by atoms with Crippen LogP contribution in [0, 0.1) is 5.82 Å². The predicted molar refractivity (Wildman–Crippen MR) is 79.9 cm³/mol. The molecule has 2 aromatic rings. The lowest BCUT2D eigenvalue weighted by atomic mass is 9.91. The van der Waals surface area contributed by atoms with Gasteiger partial charge in [0.2, 0.25) is 0 Å². The Balaban J connectivity index is 2.26. The lowest BCUT2D eigenvalue weighted by Crippen LogP contribution is -2.27. The van der Waals surface area contributed by atoms with Gasteiger partial charge < -0.3 is 0 Å². The molecule has 0 saturated carbocycles. The van der Waals surface area contributed by atoms with Gasteiger partial charge in [0.25, 0.3) is 0 Å². The van der Waals surface area contributed by atoms with Gasteiger partial charge in [-0.3, -0.25) is 9.48 Å². The molecule has 0 spiro atoms.